The van der Waals surface area contributed by atoms with E-state index in [2.05, 4.69) is 0 Å². The number of rotatable bonds is 4. The number of hydrogen-bond donors (Lipinski definition) is 0. The Bertz CT molecular complexity index is 1650. The van der Waals surface area contributed by atoms with Gasteiger partial charge in [-0.05, 0) is 38.1 Å². The van der Waals surface area contributed by atoms with Crippen molar-refractivity contribution >= 4 is 51.2 Å². The summed E-state index contributed by atoms with van der Waals surface area (Å²) < 4.78 is 62.5. The summed E-state index contributed by atoms with van der Waals surface area (Å²) in [7, 11) is 1.86. The van der Waals surface area contributed by atoms with Crippen LogP contribution in [0.4, 0.5) is 23.2 Å². The van der Waals surface area contributed by atoms with Gasteiger partial charge in [0.05, 0.1) is 17.1 Å². The molecule has 0 spiro atoms. The van der Waals surface area contributed by atoms with Gasteiger partial charge in [-0.1, -0.05) is 23.1 Å². The number of furan rings is 1. The van der Waals surface area contributed by atoms with Gasteiger partial charge in [0.15, 0.2) is 12.0 Å². The predicted molar refractivity (Wildman–Crippen MR) is 133 cm³/mol. The van der Waals surface area contributed by atoms with Crippen LogP contribution in [0, 0.1) is 12.7 Å². The normalized spacial score (nSPS) is 15.8. The van der Waals surface area contributed by atoms with E-state index in [9.17, 15) is 22.4 Å². The minimum absolute atomic E-state index is 0.121. The van der Waals surface area contributed by atoms with E-state index in [1.165, 1.54) is 46.6 Å². The average Bonchev–Trinajstić information content (AvgIpc) is 3.59. The highest BCUT2D eigenvalue weighted by Crippen LogP contribution is 2.47. The lowest BCUT2D eigenvalue weighted by Gasteiger charge is -2.12. The largest absolute Gasteiger partial charge is 0.450 e. The first-order valence-electron chi connectivity index (χ1n) is 10.9. The van der Waals surface area contributed by atoms with Gasteiger partial charge in [0, 0.05) is 24.1 Å². The lowest BCUT2D eigenvalue weighted by atomic mass is 10.2. The number of nitrogens with zero attached hydrogens (tertiary/aromatic N) is 3. The molecule has 0 atom stereocenters. The van der Waals surface area contributed by atoms with Crippen LogP contribution in [0.5, 0.6) is 0 Å². The van der Waals surface area contributed by atoms with E-state index in [0.29, 0.717) is 21.3 Å². The van der Waals surface area contributed by atoms with E-state index >= 15 is 0 Å². The number of thiazole rings is 2. The van der Waals surface area contributed by atoms with Crippen LogP contribution in [0.2, 0.25) is 0 Å². The number of anilines is 1. The molecule has 0 fully saturated rings. The van der Waals surface area contributed by atoms with Crippen molar-refractivity contribution in [1.82, 2.24) is 4.57 Å². The van der Waals surface area contributed by atoms with Gasteiger partial charge in [-0.25, -0.2) is 4.39 Å². The van der Waals surface area contributed by atoms with Crippen LogP contribution < -0.4 is 24.2 Å². The van der Waals surface area contributed by atoms with Gasteiger partial charge in [0.25, 0.3) is 10.6 Å². The maximum absolute atomic E-state index is 14.1. The summed E-state index contributed by atoms with van der Waals surface area (Å²) in [5.74, 6) is -1.14. The smallest absolute Gasteiger partial charge is 0.449 e. The van der Waals surface area contributed by atoms with Crippen LogP contribution in [-0.4, -0.2) is 11.6 Å². The molecular weight excluding hydrogens is 534 g/mol. The molecule has 0 radical (unpaired) electrons. The fraction of sp³-hybridized carbons (Fsp3) is 0.250. The molecule has 36 heavy (non-hydrogen) atoms. The molecule has 0 N–H and O–H groups in total. The van der Waals surface area contributed by atoms with Gasteiger partial charge in [-0.15, -0.1) is 11.3 Å². The Morgan fingerprint density at radius 2 is 1.97 bits per heavy atom. The standard InChI is InChI=1S/C24H20F4N3O2S3/c1-4-31-19(11-18-30(9-10-34-18)12-14-5-8-17(33-14)24(26,27)28)35-21(22(31)32)23-29(3)16-7-6-15(25)13(2)20(16)36-23/h5-11H,4,12H2,1-3H3/q+1/b23-21+. The predicted octanol–water partition coefficient (Wildman–Crippen LogP) is 4.52. The monoisotopic (exact) mass is 554 g/mol. The van der Waals surface area contributed by atoms with Gasteiger partial charge >= 0.3 is 6.18 Å². The SMILES string of the molecule is CCn1c(=O)/c(=C2\Sc3c(ccc(F)c3C)N2C)s/c1=C\c1scc[n+]1Cc1ccc(C(F)(F)F)o1. The molecule has 1 aliphatic rings. The van der Waals surface area contributed by atoms with E-state index < -0.39 is 11.9 Å². The van der Waals surface area contributed by atoms with Gasteiger partial charge in [-0.2, -0.15) is 17.7 Å². The minimum Gasteiger partial charge on any atom is -0.450 e. The van der Waals surface area contributed by atoms with E-state index in [-0.39, 0.29) is 23.7 Å². The zero-order chi connectivity index (χ0) is 25.8. The van der Waals surface area contributed by atoms with Gasteiger partial charge in [-0.3, -0.25) is 9.36 Å². The molecule has 5 rings (SSSR count). The van der Waals surface area contributed by atoms with Gasteiger partial charge in [0.1, 0.15) is 20.0 Å². The zero-order valence-corrected chi connectivity index (χ0v) is 21.8. The summed E-state index contributed by atoms with van der Waals surface area (Å²) in [6.07, 6.45) is -0.918. The van der Waals surface area contributed by atoms with Crippen LogP contribution in [0.15, 0.2) is 49.9 Å². The number of alkyl halides is 3. The summed E-state index contributed by atoms with van der Waals surface area (Å²) in [6.45, 7) is 4.17. The first-order valence-corrected chi connectivity index (χ1v) is 13.4. The molecule has 1 aromatic carbocycles. The maximum Gasteiger partial charge on any atom is 0.449 e. The second kappa shape index (κ2) is 9.24. The van der Waals surface area contributed by atoms with Crippen molar-refractivity contribution in [3.63, 3.8) is 0 Å². The number of benzene rings is 1. The Labute approximate surface area is 215 Å². The molecule has 0 amide bonds. The number of aromatic nitrogens is 2. The van der Waals surface area contributed by atoms with Crippen LogP contribution in [0.1, 0.15) is 29.0 Å². The second-order valence-corrected chi connectivity index (χ2v) is 11.0. The van der Waals surface area contributed by atoms with Crippen LogP contribution in [0.3, 0.4) is 0 Å². The lowest BCUT2D eigenvalue weighted by Crippen LogP contribution is -2.36. The summed E-state index contributed by atoms with van der Waals surface area (Å²) >= 11 is 4.12. The number of fused-ring (bicyclic) bond motifs is 1. The highest BCUT2D eigenvalue weighted by Gasteiger charge is 2.35. The van der Waals surface area contributed by atoms with Crippen molar-refractivity contribution in [3.05, 3.63) is 83.3 Å². The molecule has 5 nitrogen and oxygen atoms in total. The number of thioether (sulfide) groups is 1. The Kier molecular flexibility index (Phi) is 6.38. The molecular formula is C24H20F4N3O2S3+. The Hall–Kier alpha value is -2.83. The summed E-state index contributed by atoms with van der Waals surface area (Å²) in [4.78, 5) is 16.1. The third kappa shape index (κ3) is 4.31. The molecule has 0 bridgehead atoms. The molecule has 0 aliphatic carbocycles. The molecule has 12 heteroatoms. The first kappa shape index (κ1) is 24.8. The molecule has 4 aromatic rings. The summed E-state index contributed by atoms with van der Waals surface area (Å²) in [6, 6.07) is 5.38. The summed E-state index contributed by atoms with van der Waals surface area (Å²) in [5, 5.41) is 3.32. The van der Waals surface area contributed by atoms with Crippen molar-refractivity contribution in [3.8, 4) is 0 Å². The average molecular weight is 555 g/mol. The number of hydrogen-bond acceptors (Lipinski definition) is 6. The fourth-order valence-corrected chi connectivity index (χ4v) is 7.34. The first-order chi connectivity index (χ1) is 17.1. The molecule has 0 saturated carbocycles. The van der Waals surface area contributed by atoms with Crippen molar-refractivity contribution in [1.29, 1.82) is 0 Å². The van der Waals surface area contributed by atoms with E-state index in [1.54, 1.807) is 28.3 Å². The Morgan fingerprint density at radius 3 is 2.67 bits per heavy atom. The van der Waals surface area contributed by atoms with Gasteiger partial charge in [0.2, 0.25) is 12.3 Å². The third-order valence-corrected chi connectivity index (χ3v) is 9.32. The summed E-state index contributed by atoms with van der Waals surface area (Å²) in [5.41, 5.74) is 1.26. The number of halogens is 4. The van der Waals surface area contributed by atoms with E-state index in [4.69, 9.17) is 4.42 Å². The van der Waals surface area contributed by atoms with Crippen LogP contribution in [0.25, 0.3) is 11.1 Å². The van der Waals surface area contributed by atoms with E-state index in [1.807, 2.05) is 30.3 Å². The lowest BCUT2D eigenvalue weighted by molar-refractivity contribution is -0.686. The maximum atomic E-state index is 14.1. The van der Waals surface area contributed by atoms with Crippen molar-refractivity contribution in [2.75, 3.05) is 11.9 Å². The zero-order valence-electron chi connectivity index (χ0n) is 19.4. The van der Waals surface area contributed by atoms with E-state index in [0.717, 1.165) is 26.7 Å². The Morgan fingerprint density at radius 1 is 1.19 bits per heavy atom. The van der Waals surface area contributed by atoms with Crippen LogP contribution >= 0.6 is 34.4 Å². The molecule has 3 aromatic heterocycles. The highest BCUT2D eigenvalue weighted by molar-refractivity contribution is 8.08. The molecule has 188 valence electrons. The Balaban J connectivity index is 1.57. The highest BCUT2D eigenvalue weighted by atomic mass is 32.2. The third-order valence-electron chi connectivity index (χ3n) is 5.83. The van der Waals surface area contributed by atoms with Crippen LogP contribution in [-0.2, 0) is 19.3 Å². The van der Waals surface area contributed by atoms with Crippen molar-refractivity contribution in [2.24, 2.45) is 0 Å². The topological polar surface area (TPSA) is 42.3 Å². The van der Waals surface area contributed by atoms with Crippen molar-refractivity contribution in [2.45, 2.75) is 38.0 Å². The second-order valence-electron chi connectivity index (χ2n) is 8.08. The quantitative estimate of drug-likeness (QED) is 0.275. The molecule has 0 saturated heterocycles. The van der Waals surface area contributed by atoms with Crippen molar-refractivity contribution < 1.29 is 26.5 Å². The fourth-order valence-electron chi connectivity index (χ4n) is 3.94. The van der Waals surface area contributed by atoms with Gasteiger partial charge < -0.3 is 9.32 Å². The molecule has 1 aliphatic heterocycles. The minimum atomic E-state index is -4.54. The molecule has 0 unspecified atom stereocenters. The molecule has 4 heterocycles.